The smallest absolute Gasteiger partial charge is 0.0456 e. The molecule has 4 nitrogen and oxygen atoms in total. The van der Waals surface area contributed by atoms with Gasteiger partial charge >= 0.3 is 0 Å². The summed E-state index contributed by atoms with van der Waals surface area (Å²) in [5.41, 5.74) is 5.27. The van der Waals surface area contributed by atoms with Crippen molar-refractivity contribution in [2.75, 3.05) is 37.7 Å². The summed E-state index contributed by atoms with van der Waals surface area (Å²) >= 11 is 0. The van der Waals surface area contributed by atoms with Gasteiger partial charge in [-0.3, -0.25) is 0 Å². The van der Waals surface area contributed by atoms with Crippen molar-refractivity contribution in [3.05, 3.63) is 72.1 Å². The molecule has 0 saturated heterocycles. The number of aromatic amines is 2. The Labute approximate surface area is 186 Å². The third-order valence-electron chi connectivity index (χ3n) is 5.30. The minimum absolute atomic E-state index is 1.03. The van der Waals surface area contributed by atoms with Crippen molar-refractivity contribution in [2.24, 2.45) is 0 Å². The Hall–Kier alpha value is -1.86. The second kappa shape index (κ2) is 11.5. The van der Waals surface area contributed by atoms with E-state index in [1.807, 2.05) is 21.6 Å². The quantitative estimate of drug-likeness (QED) is 0.175. The molecule has 2 heterocycles. The molecule has 0 bridgehead atoms. The van der Waals surface area contributed by atoms with Crippen molar-refractivity contribution < 1.29 is 0 Å². The molecule has 0 unspecified atom stereocenters. The van der Waals surface area contributed by atoms with E-state index in [4.69, 9.17) is 0 Å². The molecule has 0 radical (unpaired) electrons. The summed E-state index contributed by atoms with van der Waals surface area (Å²) in [5, 5.41) is 9.82. The molecule has 0 aliphatic rings. The molecule has 0 fully saturated rings. The van der Waals surface area contributed by atoms with E-state index in [-0.39, 0.29) is 0 Å². The van der Waals surface area contributed by atoms with E-state index < -0.39 is 0 Å². The van der Waals surface area contributed by atoms with Gasteiger partial charge in [-0.2, -0.15) is 0 Å². The summed E-state index contributed by atoms with van der Waals surface area (Å²) in [6.45, 7) is 4.19. The molecule has 0 spiro atoms. The van der Waals surface area contributed by atoms with Crippen LogP contribution in [0.2, 0.25) is 0 Å². The van der Waals surface area contributed by atoms with E-state index in [0.29, 0.717) is 0 Å². The van der Waals surface area contributed by atoms with Gasteiger partial charge in [-0.05, 0) is 49.2 Å². The molecule has 4 aromatic rings. The molecule has 4 N–H and O–H groups in total. The molecule has 0 atom stereocenters. The number of nitrogens with one attached hydrogen (secondary N) is 4. The molecular formula is C24H30N4S2. The minimum Gasteiger partial charge on any atom is -0.361 e. The van der Waals surface area contributed by atoms with Gasteiger partial charge in [-0.15, -0.1) is 0 Å². The highest BCUT2D eigenvalue weighted by Gasteiger charge is 2.03. The Morgan fingerprint density at radius 2 is 1.07 bits per heavy atom. The summed E-state index contributed by atoms with van der Waals surface area (Å²) in [5.74, 6) is 2.29. The zero-order chi connectivity index (χ0) is 20.4. The third-order valence-corrected chi connectivity index (χ3v) is 7.71. The van der Waals surface area contributed by atoms with Gasteiger partial charge in [0.25, 0.3) is 0 Å². The number of rotatable bonds is 13. The van der Waals surface area contributed by atoms with Crippen molar-refractivity contribution in [3.8, 4) is 0 Å². The highest BCUT2D eigenvalue weighted by Crippen LogP contribution is 2.20. The molecule has 6 heteroatoms. The number of hydrogen-bond acceptors (Lipinski definition) is 4. The van der Waals surface area contributed by atoms with E-state index in [1.165, 1.54) is 32.9 Å². The van der Waals surface area contributed by atoms with Gasteiger partial charge in [0.15, 0.2) is 0 Å². The van der Waals surface area contributed by atoms with E-state index >= 15 is 0 Å². The monoisotopic (exact) mass is 438 g/mol. The SMILES string of the molecule is c1ccc2c(CCNCCSSCCNCCc3c[nH]c4ccccc34)c[nH]c2c1. The fourth-order valence-electron chi connectivity index (χ4n) is 3.72. The van der Waals surface area contributed by atoms with E-state index in [9.17, 15) is 0 Å². The maximum atomic E-state index is 3.56. The van der Waals surface area contributed by atoms with Crippen molar-refractivity contribution >= 4 is 43.4 Å². The van der Waals surface area contributed by atoms with Gasteiger partial charge in [-0.25, -0.2) is 0 Å². The van der Waals surface area contributed by atoms with Crippen LogP contribution in [0, 0.1) is 0 Å². The average molecular weight is 439 g/mol. The molecule has 4 rings (SSSR count). The van der Waals surface area contributed by atoms with Crippen molar-refractivity contribution in [2.45, 2.75) is 12.8 Å². The van der Waals surface area contributed by atoms with Gasteiger partial charge in [0.2, 0.25) is 0 Å². The Morgan fingerprint density at radius 1 is 0.600 bits per heavy atom. The summed E-state index contributed by atoms with van der Waals surface area (Å²) < 4.78 is 0. The highest BCUT2D eigenvalue weighted by atomic mass is 33.1. The Kier molecular flexibility index (Phi) is 8.20. The summed E-state index contributed by atoms with van der Waals surface area (Å²) in [6.07, 6.45) is 6.43. The van der Waals surface area contributed by atoms with Crippen molar-refractivity contribution in [3.63, 3.8) is 0 Å². The topological polar surface area (TPSA) is 55.6 Å². The van der Waals surface area contributed by atoms with Crippen LogP contribution >= 0.6 is 21.6 Å². The van der Waals surface area contributed by atoms with Crippen LogP contribution in [-0.2, 0) is 12.8 Å². The first kappa shape index (κ1) is 21.4. The summed E-state index contributed by atoms with van der Waals surface area (Å²) in [6, 6.07) is 17.0. The second-order valence-corrected chi connectivity index (χ2v) is 10.1. The van der Waals surface area contributed by atoms with Crippen molar-refractivity contribution in [1.82, 2.24) is 20.6 Å². The Morgan fingerprint density at radius 3 is 1.57 bits per heavy atom. The number of aromatic nitrogens is 2. The van der Waals surface area contributed by atoms with Gasteiger partial charge in [-0.1, -0.05) is 58.0 Å². The fraction of sp³-hybridized carbons (Fsp3) is 0.333. The van der Waals surface area contributed by atoms with Crippen LogP contribution < -0.4 is 10.6 Å². The number of H-pyrrole nitrogens is 2. The summed E-state index contributed by atoms with van der Waals surface area (Å²) in [4.78, 5) is 6.70. The molecule has 2 aromatic heterocycles. The lowest BCUT2D eigenvalue weighted by Gasteiger charge is -2.06. The lowest BCUT2D eigenvalue weighted by Crippen LogP contribution is -2.20. The fourth-order valence-corrected chi connectivity index (χ4v) is 5.62. The molecule has 0 saturated carbocycles. The first-order valence-electron chi connectivity index (χ1n) is 10.7. The van der Waals surface area contributed by atoms with Crippen LogP contribution in [0.4, 0.5) is 0 Å². The van der Waals surface area contributed by atoms with Gasteiger partial charge < -0.3 is 20.6 Å². The summed E-state index contributed by atoms with van der Waals surface area (Å²) in [7, 11) is 3.93. The molecule has 0 aliphatic carbocycles. The van der Waals surface area contributed by atoms with Crippen LogP contribution in [0.15, 0.2) is 60.9 Å². The van der Waals surface area contributed by atoms with Crippen LogP contribution in [0.3, 0.4) is 0 Å². The average Bonchev–Trinajstić information content (AvgIpc) is 3.39. The van der Waals surface area contributed by atoms with Crippen molar-refractivity contribution in [1.29, 1.82) is 0 Å². The van der Waals surface area contributed by atoms with Gasteiger partial charge in [0.05, 0.1) is 0 Å². The second-order valence-electron chi connectivity index (χ2n) is 7.36. The maximum Gasteiger partial charge on any atom is 0.0456 e. The third kappa shape index (κ3) is 5.85. The lowest BCUT2D eigenvalue weighted by atomic mass is 10.1. The Balaban J connectivity index is 0.990. The first-order valence-corrected chi connectivity index (χ1v) is 13.2. The van der Waals surface area contributed by atoms with Crippen LogP contribution in [0.25, 0.3) is 21.8 Å². The van der Waals surface area contributed by atoms with E-state index in [2.05, 4.69) is 81.5 Å². The molecule has 2 aromatic carbocycles. The molecule has 30 heavy (non-hydrogen) atoms. The number of fused-ring (bicyclic) bond motifs is 2. The van der Waals surface area contributed by atoms with Crippen LogP contribution in [0.5, 0.6) is 0 Å². The van der Waals surface area contributed by atoms with Gasteiger partial charge in [0.1, 0.15) is 0 Å². The molecule has 0 aliphatic heterocycles. The molecule has 158 valence electrons. The largest absolute Gasteiger partial charge is 0.361 e. The Bertz CT molecular complexity index is 956. The minimum atomic E-state index is 1.03. The molecular weight excluding hydrogens is 408 g/mol. The number of hydrogen-bond donors (Lipinski definition) is 4. The van der Waals surface area contributed by atoms with E-state index in [1.54, 1.807) is 0 Å². The zero-order valence-electron chi connectivity index (χ0n) is 17.2. The van der Waals surface area contributed by atoms with Gasteiger partial charge in [0, 0.05) is 58.8 Å². The number of para-hydroxylation sites is 2. The number of benzene rings is 2. The van der Waals surface area contributed by atoms with Crippen LogP contribution in [0.1, 0.15) is 11.1 Å². The molecule has 0 amide bonds. The normalized spacial score (nSPS) is 11.6. The predicted octanol–water partition coefficient (Wildman–Crippen LogP) is 5.00. The lowest BCUT2D eigenvalue weighted by molar-refractivity contribution is 0.722. The van der Waals surface area contributed by atoms with Crippen LogP contribution in [-0.4, -0.2) is 47.7 Å². The zero-order valence-corrected chi connectivity index (χ0v) is 18.9. The predicted molar refractivity (Wildman–Crippen MR) is 135 cm³/mol. The highest BCUT2D eigenvalue weighted by molar-refractivity contribution is 8.76. The first-order chi connectivity index (χ1) is 14.9. The van der Waals surface area contributed by atoms with E-state index in [0.717, 1.165) is 50.5 Å². The standard InChI is InChI=1S/C24H30N4S2/c1-3-7-23-21(5-1)19(17-27-23)9-11-25-13-15-29-30-16-14-26-12-10-20-18-28-24-8-4-2-6-22(20)24/h1-8,17-18,25-28H,9-16H2. The maximum absolute atomic E-state index is 3.56.